The molecule has 0 bridgehead atoms. The molecule has 2 heterocycles. The maximum Gasteiger partial charge on any atom is 0.131 e. The Morgan fingerprint density at radius 1 is 1.04 bits per heavy atom. The first kappa shape index (κ1) is 17.4. The minimum atomic E-state index is -0.198. The van der Waals surface area contributed by atoms with Crippen molar-refractivity contribution >= 4 is 22.5 Å². The molecule has 1 saturated heterocycles. The number of hydrogen-bond acceptors (Lipinski definition) is 3. The molecular formula is C21H21ClFN3. The van der Waals surface area contributed by atoms with Gasteiger partial charge in [-0.25, -0.2) is 4.39 Å². The van der Waals surface area contributed by atoms with Crippen LogP contribution in [0.1, 0.15) is 5.56 Å². The number of pyridine rings is 1. The van der Waals surface area contributed by atoms with Crippen LogP contribution in [0.15, 0.2) is 48.7 Å². The predicted molar refractivity (Wildman–Crippen MR) is 105 cm³/mol. The maximum atomic E-state index is 14.8. The lowest BCUT2D eigenvalue weighted by Gasteiger charge is -2.32. The summed E-state index contributed by atoms with van der Waals surface area (Å²) in [5.41, 5.74) is 3.23. The maximum absolute atomic E-state index is 14.8. The van der Waals surface area contributed by atoms with Gasteiger partial charge in [0.2, 0.25) is 0 Å². The average Bonchev–Trinajstić information content (AvgIpc) is 2.64. The number of piperazine rings is 1. The van der Waals surface area contributed by atoms with Crippen LogP contribution in [-0.4, -0.2) is 48.0 Å². The zero-order valence-electron chi connectivity index (χ0n) is 14.8. The number of rotatable bonds is 3. The van der Waals surface area contributed by atoms with E-state index in [1.807, 2.05) is 30.3 Å². The number of nitrogens with zero attached hydrogens (tertiary/aromatic N) is 3. The predicted octanol–water partition coefficient (Wildman–Crippen LogP) is 4.44. The smallest absolute Gasteiger partial charge is 0.131 e. The van der Waals surface area contributed by atoms with Gasteiger partial charge in [0.1, 0.15) is 5.82 Å². The van der Waals surface area contributed by atoms with E-state index in [1.54, 1.807) is 18.3 Å². The van der Waals surface area contributed by atoms with E-state index in [-0.39, 0.29) is 5.82 Å². The van der Waals surface area contributed by atoms with Crippen LogP contribution in [0.2, 0.25) is 5.02 Å². The molecular weight excluding hydrogens is 349 g/mol. The van der Waals surface area contributed by atoms with E-state index in [4.69, 9.17) is 11.6 Å². The van der Waals surface area contributed by atoms with Gasteiger partial charge in [0.15, 0.2) is 0 Å². The highest BCUT2D eigenvalue weighted by molar-refractivity contribution is 6.35. The Balaban J connectivity index is 1.59. The van der Waals surface area contributed by atoms with Crippen molar-refractivity contribution in [2.75, 3.05) is 33.2 Å². The van der Waals surface area contributed by atoms with Crippen LogP contribution in [0.3, 0.4) is 0 Å². The summed E-state index contributed by atoms with van der Waals surface area (Å²) in [5.74, 6) is -0.198. The zero-order valence-corrected chi connectivity index (χ0v) is 15.5. The number of likely N-dealkylation sites (N-methyl/N-ethyl adjacent to an activating group) is 1. The summed E-state index contributed by atoms with van der Waals surface area (Å²) in [7, 11) is 2.14. The fourth-order valence-electron chi connectivity index (χ4n) is 3.44. The lowest BCUT2D eigenvalue weighted by Crippen LogP contribution is -2.43. The first-order valence-electron chi connectivity index (χ1n) is 8.84. The fourth-order valence-corrected chi connectivity index (χ4v) is 3.64. The summed E-state index contributed by atoms with van der Waals surface area (Å²) >= 11 is 6.26. The number of aromatic nitrogens is 1. The number of benzene rings is 2. The molecule has 0 atom stereocenters. The SMILES string of the molecule is CN1CCN(Cc2ccc(-c3ccc4nccc(Cl)c4c3)c(F)c2)CC1. The largest absolute Gasteiger partial charge is 0.304 e. The van der Waals surface area contributed by atoms with E-state index in [2.05, 4.69) is 21.8 Å². The molecule has 0 aliphatic carbocycles. The molecule has 2 aromatic carbocycles. The lowest BCUT2D eigenvalue weighted by atomic mass is 10.0. The second-order valence-electron chi connectivity index (χ2n) is 6.92. The van der Waals surface area contributed by atoms with Gasteiger partial charge >= 0.3 is 0 Å². The molecule has 26 heavy (non-hydrogen) atoms. The van der Waals surface area contributed by atoms with Crippen molar-refractivity contribution in [3.63, 3.8) is 0 Å². The Kier molecular flexibility index (Phi) is 4.90. The second kappa shape index (κ2) is 7.31. The highest BCUT2D eigenvalue weighted by Gasteiger charge is 2.15. The van der Waals surface area contributed by atoms with Crippen molar-refractivity contribution in [2.45, 2.75) is 6.54 Å². The van der Waals surface area contributed by atoms with Gasteiger partial charge in [-0.3, -0.25) is 9.88 Å². The van der Waals surface area contributed by atoms with Crippen molar-refractivity contribution in [1.82, 2.24) is 14.8 Å². The van der Waals surface area contributed by atoms with Gasteiger partial charge in [0.05, 0.1) is 10.5 Å². The van der Waals surface area contributed by atoms with Gasteiger partial charge in [-0.1, -0.05) is 29.8 Å². The van der Waals surface area contributed by atoms with Crippen LogP contribution in [0, 0.1) is 5.82 Å². The van der Waals surface area contributed by atoms with Gasteiger partial charge in [0.25, 0.3) is 0 Å². The normalized spacial score (nSPS) is 16.3. The number of halogens is 2. The first-order chi connectivity index (χ1) is 12.6. The molecule has 0 radical (unpaired) electrons. The molecule has 5 heteroatoms. The summed E-state index contributed by atoms with van der Waals surface area (Å²) in [6, 6.07) is 13.0. The Hall–Kier alpha value is -2.01. The molecule has 0 unspecified atom stereocenters. The fraction of sp³-hybridized carbons (Fsp3) is 0.286. The van der Waals surface area contributed by atoms with Crippen molar-refractivity contribution in [1.29, 1.82) is 0 Å². The Labute approximate surface area is 158 Å². The van der Waals surface area contributed by atoms with Crippen LogP contribution in [0.4, 0.5) is 4.39 Å². The summed E-state index contributed by atoms with van der Waals surface area (Å²) in [6.07, 6.45) is 1.68. The average molecular weight is 370 g/mol. The van der Waals surface area contributed by atoms with E-state index in [1.165, 1.54) is 0 Å². The van der Waals surface area contributed by atoms with Gasteiger partial charge in [0, 0.05) is 49.9 Å². The topological polar surface area (TPSA) is 19.4 Å². The summed E-state index contributed by atoms with van der Waals surface area (Å²) in [4.78, 5) is 8.99. The van der Waals surface area contributed by atoms with Gasteiger partial charge in [-0.2, -0.15) is 0 Å². The van der Waals surface area contributed by atoms with Gasteiger partial charge < -0.3 is 4.90 Å². The molecule has 1 fully saturated rings. The summed E-state index contributed by atoms with van der Waals surface area (Å²) in [6.45, 7) is 4.96. The third kappa shape index (κ3) is 3.58. The van der Waals surface area contributed by atoms with E-state index >= 15 is 0 Å². The highest BCUT2D eigenvalue weighted by Crippen LogP contribution is 2.30. The molecule has 0 amide bonds. The van der Waals surface area contributed by atoms with E-state index in [9.17, 15) is 4.39 Å². The third-order valence-corrected chi connectivity index (χ3v) is 5.36. The minimum absolute atomic E-state index is 0.198. The van der Waals surface area contributed by atoms with Crippen LogP contribution in [0.5, 0.6) is 0 Å². The van der Waals surface area contributed by atoms with Crippen molar-refractivity contribution in [3.05, 3.63) is 65.1 Å². The van der Waals surface area contributed by atoms with Crippen molar-refractivity contribution < 1.29 is 4.39 Å². The molecule has 3 aromatic rings. The van der Waals surface area contributed by atoms with Crippen molar-refractivity contribution in [3.8, 4) is 11.1 Å². The molecule has 1 aliphatic rings. The van der Waals surface area contributed by atoms with Crippen LogP contribution >= 0.6 is 11.6 Å². The molecule has 1 aliphatic heterocycles. The van der Waals surface area contributed by atoms with Gasteiger partial charge in [-0.05, 0) is 42.4 Å². The molecule has 0 N–H and O–H groups in total. The Morgan fingerprint density at radius 2 is 1.85 bits per heavy atom. The summed E-state index contributed by atoms with van der Waals surface area (Å²) < 4.78 is 14.8. The minimum Gasteiger partial charge on any atom is -0.304 e. The molecule has 1 aromatic heterocycles. The number of fused-ring (bicyclic) bond motifs is 1. The van der Waals surface area contributed by atoms with E-state index < -0.39 is 0 Å². The van der Waals surface area contributed by atoms with Crippen LogP contribution in [-0.2, 0) is 6.54 Å². The molecule has 3 nitrogen and oxygen atoms in total. The van der Waals surface area contributed by atoms with Crippen molar-refractivity contribution in [2.24, 2.45) is 0 Å². The third-order valence-electron chi connectivity index (χ3n) is 5.03. The molecule has 4 rings (SSSR count). The Bertz CT molecular complexity index is 936. The summed E-state index contributed by atoms with van der Waals surface area (Å²) in [5, 5.41) is 1.47. The van der Waals surface area contributed by atoms with E-state index in [0.29, 0.717) is 10.6 Å². The lowest BCUT2D eigenvalue weighted by molar-refractivity contribution is 0.148. The standard InChI is InChI=1S/C21H21ClFN3/c1-25-8-10-26(11-9-25)14-15-2-4-17(20(23)12-15)16-3-5-21-18(13-16)19(22)6-7-24-21/h2-7,12-13H,8-11,14H2,1H3. The monoisotopic (exact) mass is 369 g/mol. The highest BCUT2D eigenvalue weighted by atomic mass is 35.5. The van der Waals surface area contributed by atoms with Crippen LogP contribution < -0.4 is 0 Å². The molecule has 0 spiro atoms. The second-order valence-corrected chi connectivity index (χ2v) is 7.33. The van der Waals surface area contributed by atoms with E-state index in [0.717, 1.165) is 54.8 Å². The quantitative estimate of drug-likeness (QED) is 0.680. The zero-order chi connectivity index (χ0) is 18.1. The molecule has 0 saturated carbocycles. The number of hydrogen-bond donors (Lipinski definition) is 0. The van der Waals surface area contributed by atoms with Crippen LogP contribution in [0.25, 0.3) is 22.0 Å². The van der Waals surface area contributed by atoms with Gasteiger partial charge in [-0.15, -0.1) is 0 Å². The Morgan fingerprint density at radius 3 is 2.62 bits per heavy atom. The molecule has 134 valence electrons. The first-order valence-corrected chi connectivity index (χ1v) is 9.22.